The molecule has 1 aliphatic rings. The van der Waals surface area contributed by atoms with Crippen LogP contribution in [0.5, 0.6) is 0 Å². The highest BCUT2D eigenvalue weighted by Crippen LogP contribution is 2.20. The van der Waals surface area contributed by atoms with Gasteiger partial charge in [0.1, 0.15) is 0 Å². The number of rotatable bonds is 5. The zero-order valence-electron chi connectivity index (χ0n) is 14.3. The molecule has 0 radical (unpaired) electrons. The summed E-state index contributed by atoms with van der Waals surface area (Å²) in [5.41, 5.74) is 1.72. The van der Waals surface area contributed by atoms with Crippen molar-refractivity contribution in [3.63, 3.8) is 0 Å². The van der Waals surface area contributed by atoms with Gasteiger partial charge in [0.15, 0.2) is 9.84 Å². The summed E-state index contributed by atoms with van der Waals surface area (Å²) in [5.74, 6) is 0.0988. The summed E-state index contributed by atoms with van der Waals surface area (Å²) >= 11 is 0. The average molecular weight is 358 g/mol. The summed E-state index contributed by atoms with van der Waals surface area (Å²) in [6.45, 7) is 2.55. The number of hydrogen-bond acceptors (Lipinski definition) is 4. The van der Waals surface area contributed by atoms with Gasteiger partial charge in [0.05, 0.1) is 17.0 Å². The summed E-state index contributed by atoms with van der Waals surface area (Å²) in [6.07, 6.45) is 6.35. The van der Waals surface area contributed by atoms with Crippen LogP contribution >= 0.6 is 0 Å². The van der Waals surface area contributed by atoms with Gasteiger partial charge in [0.25, 0.3) is 0 Å². The molecule has 0 bridgehead atoms. The number of para-hydroxylation sites is 1. The number of fused-ring (bicyclic) bond motifs is 1. The van der Waals surface area contributed by atoms with Gasteiger partial charge in [-0.2, -0.15) is 0 Å². The Morgan fingerprint density at radius 3 is 2.84 bits per heavy atom. The van der Waals surface area contributed by atoms with E-state index in [1.54, 1.807) is 17.2 Å². The summed E-state index contributed by atoms with van der Waals surface area (Å²) in [5, 5.41) is 1.02. The third-order valence-corrected chi connectivity index (χ3v) is 6.22. The van der Waals surface area contributed by atoms with Crippen LogP contribution in [0.1, 0.15) is 25.3 Å². The Kier molecular flexibility index (Phi) is 5.18. The number of aromatic nitrogens is 1. The van der Waals surface area contributed by atoms with Crippen LogP contribution < -0.4 is 0 Å². The van der Waals surface area contributed by atoms with Gasteiger partial charge >= 0.3 is 0 Å². The van der Waals surface area contributed by atoms with E-state index in [-0.39, 0.29) is 23.5 Å². The lowest BCUT2D eigenvalue weighted by Crippen LogP contribution is -2.40. The first-order chi connectivity index (χ1) is 12.0. The number of nitrogens with zero attached hydrogens (tertiary/aromatic N) is 2. The Morgan fingerprint density at radius 2 is 2.12 bits per heavy atom. The molecule has 1 amide bonds. The molecule has 1 aromatic heterocycles. The summed E-state index contributed by atoms with van der Waals surface area (Å²) < 4.78 is 23.5. The van der Waals surface area contributed by atoms with E-state index in [9.17, 15) is 13.2 Å². The highest BCUT2D eigenvalue weighted by Gasteiger charge is 2.33. The second kappa shape index (κ2) is 7.35. The van der Waals surface area contributed by atoms with Crippen LogP contribution in [-0.2, 0) is 14.6 Å². The number of benzene rings is 1. The van der Waals surface area contributed by atoms with Gasteiger partial charge < -0.3 is 4.90 Å². The molecule has 1 atom stereocenters. The monoisotopic (exact) mass is 358 g/mol. The molecular weight excluding hydrogens is 336 g/mol. The Bertz CT molecular complexity index is 901. The van der Waals surface area contributed by atoms with Crippen molar-refractivity contribution in [3.05, 3.63) is 48.2 Å². The number of carbonyl (C=O) groups is 1. The number of hydrogen-bond donors (Lipinski definition) is 0. The van der Waals surface area contributed by atoms with Crippen molar-refractivity contribution < 1.29 is 13.2 Å². The van der Waals surface area contributed by atoms with Crippen LogP contribution in [0, 0.1) is 0 Å². The van der Waals surface area contributed by atoms with Crippen LogP contribution in [0.2, 0.25) is 0 Å². The fourth-order valence-corrected chi connectivity index (χ4v) is 4.98. The zero-order chi connectivity index (χ0) is 17.9. The van der Waals surface area contributed by atoms with E-state index in [1.165, 1.54) is 6.08 Å². The number of carbonyl (C=O) groups excluding carboxylic acids is 1. The van der Waals surface area contributed by atoms with Crippen molar-refractivity contribution in [2.45, 2.75) is 25.8 Å². The van der Waals surface area contributed by atoms with Crippen molar-refractivity contribution in [2.75, 3.05) is 18.1 Å². The van der Waals surface area contributed by atoms with E-state index in [1.807, 2.05) is 37.3 Å². The number of sulfone groups is 1. The van der Waals surface area contributed by atoms with Crippen LogP contribution in [0.4, 0.5) is 0 Å². The quantitative estimate of drug-likeness (QED) is 0.771. The normalized spacial score (nSPS) is 19.5. The van der Waals surface area contributed by atoms with E-state index < -0.39 is 9.84 Å². The first kappa shape index (κ1) is 17.6. The fourth-order valence-electron chi connectivity index (χ4n) is 3.25. The predicted octanol–water partition coefficient (Wildman–Crippen LogP) is 2.67. The highest BCUT2D eigenvalue weighted by molar-refractivity contribution is 7.91. The smallest absolute Gasteiger partial charge is 0.246 e. The Labute approximate surface area is 148 Å². The number of amides is 1. The molecule has 1 saturated heterocycles. The largest absolute Gasteiger partial charge is 0.335 e. The molecule has 6 heteroatoms. The van der Waals surface area contributed by atoms with Gasteiger partial charge in [-0.25, -0.2) is 8.42 Å². The molecule has 1 aromatic carbocycles. The second-order valence-corrected chi connectivity index (χ2v) is 8.57. The molecule has 2 heterocycles. The molecule has 0 spiro atoms. The molecule has 25 heavy (non-hydrogen) atoms. The topological polar surface area (TPSA) is 67.3 Å². The Morgan fingerprint density at radius 1 is 1.32 bits per heavy atom. The molecule has 132 valence electrons. The molecule has 1 unspecified atom stereocenters. The summed E-state index contributed by atoms with van der Waals surface area (Å²) in [7, 11) is -3.02. The van der Waals surface area contributed by atoms with E-state index >= 15 is 0 Å². The zero-order valence-corrected chi connectivity index (χ0v) is 15.1. The lowest BCUT2D eigenvalue weighted by atomic mass is 10.1. The molecule has 1 fully saturated rings. The SMILES string of the molecule is CCCN(C(=O)/C=C/c1cccc2cccnc12)C1CCS(=O)(=O)C1. The van der Waals surface area contributed by atoms with Gasteiger partial charge in [-0.3, -0.25) is 9.78 Å². The van der Waals surface area contributed by atoms with Crippen molar-refractivity contribution in [3.8, 4) is 0 Å². The van der Waals surface area contributed by atoms with Gasteiger partial charge in [-0.15, -0.1) is 0 Å². The summed E-state index contributed by atoms with van der Waals surface area (Å²) in [4.78, 5) is 18.7. The fraction of sp³-hybridized carbons (Fsp3) is 0.368. The molecule has 3 rings (SSSR count). The standard InChI is InChI=1S/C19H22N2O3S/c1-2-12-21(17-10-13-25(23,24)14-17)18(22)9-8-16-6-3-5-15-7-4-11-20-19(15)16/h3-9,11,17H,2,10,12-14H2,1H3/b9-8+. The molecule has 2 aromatic rings. The van der Waals surface area contributed by atoms with Crippen LogP contribution in [0.25, 0.3) is 17.0 Å². The van der Waals surface area contributed by atoms with Crippen molar-refractivity contribution in [1.82, 2.24) is 9.88 Å². The molecule has 5 nitrogen and oxygen atoms in total. The Hall–Kier alpha value is -2.21. The minimum absolute atomic E-state index is 0.0718. The first-order valence-electron chi connectivity index (χ1n) is 8.53. The molecule has 0 aliphatic carbocycles. The maximum Gasteiger partial charge on any atom is 0.246 e. The minimum atomic E-state index is -3.02. The highest BCUT2D eigenvalue weighted by atomic mass is 32.2. The first-order valence-corrected chi connectivity index (χ1v) is 10.3. The van der Waals surface area contributed by atoms with Crippen LogP contribution in [0.3, 0.4) is 0 Å². The van der Waals surface area contributed by atoms with Crippen LogP contribution in [-0.4, -0.2) is 48.3 Å². The third kappa shape index (κ3) is 4.07. The van der Waals surface area contributed by atoms with Gasteiger partial charge in [0, 0.05) is 35.8 Å². The van der Waals surface area contributed by atoms with E-state index in [4.69, 9.17) is 0 Å². The van der Waals surface area contributed by atoms with Crippen molar-refractivity contribution >= 4 is 32.7 Å². The van der Waals surface area contributed by atoms with Gasteiger partial charge in [-0.05, 0) is 25.0 Å². The minimum Gasteiger partial charge on any atom is -0.335 e. The van der Waals surface area contributed by atoms with Crippen molar-refractivity contribution in [1.29, 1.82) is 0 Å². The van der Waals surface area contributed by atoms with E-state index in [2.05, 4.69) is 4.98 Å². The lowest BCUT2D eigenvalue weighted by Gasteiger charge is -2.26. The van der Waals surface area contributed by atoms with Gasteiger partial charge in [-0.1, -0.05) is 31.2 Å². The maximum atomic E-state index is 12.7. The molecule has 0 saturated carbocycles. The second-order valence-electron chi connectivity index (χ2n) is 6.34. The third-order valence-electron chi connectivity index (χ3n) is 4.47. The Balaban J connectivity index is 1.82. The summed E-state index contributed by atoms with van der Waals surface area (Å²) in [6, 6.07) is 9.48. The average Bonchev–Trinajstić information content (AvgIpc) is 2.97. The van der Waals surface area contributed by atoms with Crippen molar-refractivity contribution in [2.24, 2.45) is 0 Å². The predicted molar refractivity (Wildman–Crippen MR) is 99.8 cm³/mol. The molecular formula is C19H22N2O3S. The van der Waals surface area contributed by atoms with Crippen LogP contribution in [0.15, 0.2) is 42.6 Å². The maximum absolute atomic E-state index is 12.7. The number of pyridine rings is 1. The lowest BCUT2D eigenvalue weighted by molar-refractivity contribution is -0.127. The van der Waals surface area contributed by atoms with E-state index in [0.29, 0.717) is 13.0 Å². The van der Waals surface area contributed by atoms with Gasteiger partial charge in [0.2, 0.25) is 5.91 Å². The molecule has 1 aliphatic heterocycles. The van der Waals surface area contributed by atoms with E-state index in [0.717, 1.165) is 22.9 Å². The molecule has 0 N–H and O–H groups in total.